The van der Waals surface area contributed by atoms with Crippen molar-refractivity contribution in [2.45, 2.75) is 72.6 Å². The topological polar surface area (TPSA) is 27.7 Å². The summed E-state index contributed by atoms with van der Waals surface area (Å²) in [5.74, 6) is 0. The van der Waals surface area contributed by atoms with Crippen LogP contribution >= 0.6 is 0 Å². The molecule has 0 N–H and O–H groups in total. The molecule has 1 rings (SSSR count). The summed E-state index contributed by atoms with van der Waals surface area (Å²) in [5.41, 5.74) is 1.08. The molecule has 0 spiro atoms. The Morgan fingerprint density at radius 3 is 1.35 bits per heavy atom. The second-order valence-corrected chi connectivity index (χ2v) is 8.23. The van der Waals surface area contributed by atoms with Gasteiger partial charge in [-0.1, -0.05) is 47.0 Å². The van der Waals surface area contributed by atoms with Gasteiger partial charge >= 0.3 is 29.9 Å². The van der Waals surface area contributed by atoms with E-state index in [0.717, 1.165) is 36.5 Å². The molecule has 0 aliphatic heterocycles. The van der Waals surface area contributed by atoms with E-state index in [4.69, 9.17) is 13.3 Å². The Bertz CT molecular complexity index is 303. The van der Waals surface area contributed by atoms with Gasteiger partial charge in [-0.05, 0) is 0 Å². The van der Waals surface area contributed by atoms with Gasteiger partial charge in [0.2, 0.25) is 0 Å². The van der Waals surface area contributed by atoms with Crippen LogP contribution in [0.5, 0.6) is 0 Å². The third-order valence-electron chi connectivity index (χ3n) is 3.27. The summed E-state index contributed by atoms with van der Waals surface area (Å²) >= 11 is 0. The molecule has 0 unspecified atom stereocenters. The summed E-state index contributed by atoms with van der Waals surface area (Å²) in [7, 11) is 2.26. The predicted octanol–water partition coefficient (Wildman–Crippen LogP) is 6.34. The van der Waals surface area contributed by atoms with Gasteiger partial charge in [0.25, 0.3) is 0 Å². The van der Waals surface area contributed by atoms with E-state index in [2.05, 4.69) is 53.7 Å². The minimum atomic E-state index is -2.59. The van der Waals surface area contributed by atoms with E-state index >= 15 is 0 Å². The Kier molecular flexibility index (Phi) is 32.9. The number of hydrogen-bond donors (Lipinski definition) is 0. The first kappa shape index (κ1) is 33.8. The maximum atomic E-state index is 5.36. The van der Waals surface area contributed by atoms with Crippen molar-refractivity contribution >= 4 is 8.80 Å². The molecule has 0 aromatic carbocycles. The molecule has 3 nitrogen and oxygen atoms in total. The molecule has 158 valence electrons. The Morgan fingerprint density at radius 1 is 0.885 bits per heavy atom. The van der Waals surface area contributed by atoms with Crippen LogP contribution in [0.15, 0.2) is 16.8 Å². The monoisotopic (exact) mass is 565 g/mol. The zero-order valence-corrected chi connectivity index (χ0v) is 21.5. The third-order valence-corrected chi connectivity index (χ3v) is 6.13. The van der Waals surface area contributed by atoms with Crippen LogP contribution in [0.3, 0.4) is 0 Å². The Hall–Kier alpha value is 0.265. The van der Waals surface area contributed by atoms with Gasteiger partial charge in [-0.25, -0.2) is 5.57 Å². The minimum Gasteiger partial charge on any atom is -0.386 e. The molecule has 0 atom stereocenters. The summed E-state index contributed by atoms with van der Waals surface area (Å²) in [5, 5.41) is 1.04. The fourth-order valence-corrected chi connectivity index (χ4v) is 3.55. The molecule has 0 aromatic rings. The first-order valence-corrected chi connectivity index (χ1v) is 11.0. The standard InChI is InChI=1S/C9H15O3Si.3C4H9.Pt/c1-8-6-5-7-9(8)13(10-2,11-3)12-4;3*1-3-4-2;/h7H,5H2,1-4H3;3*1,3-4H2,2H3;/q4*-1;+4. The summed E-state index contributed by atoms with van der Waals surface area (Å²) in [6.45, 7) is 19.2. The van der Waals surface area contributed by atoms with Crippen LogP contribution in [0, 0.1) is 26.8 Å². The van der Waals surface area contributed by atoms with Crippen molar-refractivity contribution in [2.75, 3.05) is 21.3 Å². The summed E-state index contributed by atoms with van der Waals surface area (Å²) in [6.07, 6.45) is 12.9. The van der Waals surface area contributed by atoms with E-state index in [1.54, 1.807) is 21.3 Å². The molecule has 0 bridgehead atoms. The van der Waals surface area contributed by atoms with E-state index < -0.39 is 8.80 Å². The Labute approximate surface area is 180 Å². The van der Waals surface area contributed by atoms with Gasteiger partial charge in [-0.3, -0.25) is 6.08 Å². The zero-order chi connectivity index (χ0) is 20.1. The molecule has 1 aliphatic carbocycles. The van der Waals surface area contributed by atoms with Crippen molar-refractivity contribution in [3.8, 4) is 0 Å². The molecule has 0 fully saturated rings. The molecule has 0 saturated carbocycles. The van der Waals surface area contributed by atoms with Crippen LogP contribution in [0.2, 0.25) is 0 Å². The van der Waals surface area contributed by atoms with Gasteiger partial charge in [0.05, 0.1) is 0 Å². The van der Waals surface area contributed by atoms with E-state index in [1.807, 2.05) is 6.92 Å². The number of unbranched alkanes of at least 4 members (excludes halogenated alkanes) is 3. The van der Waals surface area contributed by atoms with Crippen LogP contribution in [0.4, 0.5) is 0 Å². The number of allylic oxidation sites excluding steroid dienone is 4. The van der Waals surface area contributed by atoms with E-state index in [0.29, 0.717) is 0 Å². The fraction of sp³-hybridized carbons (Fsp3) is 0.667. The molecule has 26 heavy (non-hydrogen) atoms. The summed E-state index contributed by atoms with van der Waals surface area (Å²) in [4.78, 5) is 0. The maximum absolute atomic E-state index is 5.36. The van der Waals surface area contributed by atoms with Gasteiger partial charge in [-0.2, -0.15) is 25.3 Å². The molecule has 0 saturated heterocycles. The smallest absolute Gasteiger partial charge is 0.386 e. The quantitative estimate of drug-likeness (QED) is 0.266. The van der Waals surface area contributed by atoms with E-state index in [-0.39, 0.29) is 21.1 Å². The van der Waals surface area contributed by atoms with Gasteiger partial charge in [0.15, 0.2) is 0 Å². The van der Waals surface area contributed by atoms with Gasteiger partial charge in [0.1, 0.15) is 0 Å². The molecular formula is C21H42O3PtSi. The largest absolute Gasteiger partial charge is 4.00 e. The van der Waals surface area contributed by atoms with E-state index in [9.17, 15) is 0 Å². The van der Waals surface area contributed by atoms with Crippen molar-refractivity contribution in [3.63, 3.8) is 0 Å². The van der Waals surface area contributed by atoms with Crippen molar-refractivity contribution in [1.29, 1.82) is 0 Å². The number of rotatable bonds is 7. The predicted molar refractivity (Wildman–Crippen MR) is 113 cm³/mol. The average Bonchev–Trinajstić information content (AvgIpc) is 3.11. The molecule has 1 aliphatic rings. The van der Waals surface area contributed by atoms with Crippen LogP contribution in [-0.4, -0.2) is 30.1 Å². The summed E-state index contributed by atoms with van der Waals surface area (Å²) in [6, 6.07) is 0. The van der Waals surface area contributed by atoms with Crippen molar-refractivity contribution in [2.24, 2.45) is 0 Å². The average molecular weight is 566 g/mol. The van der Waals surface area contributed by atoms with Crippen LogP contribution < -0.4 is 0 Å². The van der Waals surface area contributed by atoms with Crippen LogP contribution in [0.1, 0.15) is 72.6 Å². The molecule has 0 aromatic heterocycles. The summed E-state index contributed by atoms with van der Waals surface area (Å²) < 4.78 is 16.1. The van der Waals surface area contributed by atoms with Crippen LogP contribution in [-0.2, 0) is 34.3 Å². The van der Waals surface area contributed by atoms with Crippen molar-refractivity contribution in [3.05, 3.63) is 43.7 Å². The SMILES string of the molecule is CO[Si](OC)(OC)C1=CC[C-]=C1C.[CH2-]CCC.[CH2-]CCC.[CH2-]CCC.[Pt+4]. The minimum absolute atomic E-state index is 0. The first-order chi connectivity index (χ1) is 11.9. The third kappa shape index (κ3) is 16.4. The van der Waals surface area contributed by atoms with Gasteiger partial charge in [0, 0.05) is 21.3 Å². The first-order valence-electron chi connectivity index (χ1n) is 9.26. The zero-order valence-electron chi connectivity index (χ0n) is 18.2. The molecule has 5 heteroatoms. The van der Waals surface area contributed by atoms with Crippen LogP contribution in [0.25, 0.3) is 0 Å². The van der Waals surface area contributed by atoms with Crippen molar-refractivity contribution in [1.82, 2.24) is 0 Å². The second kappa shape index (κ2) is 25.3. The van der Waals surface area contributed by atoms with Gasteiger partial charge < -0.3 is 34.0 Å². The molecule has 0 heterocycles. The van der Waals surface area contributed by atoms with Crippen molar-refractivity contribution < 1.29 is 34.3 Å². The van der Waals surface area contributed by atoms with E-state index in [1.165, 1.54) is 19.3 Å². The Morgan fingerprint density at radius 2 is 1.19 bits per heavy atom. The molecule has 0 radical (unpaired) electrons. The Balaban J connectivity index is -0.000000155. The normalized spacial score (nSPS) is 12.1. The number of hydrogen-bond acceptors (Lipinski definition) is 3. The second-order valence-electron chi connectivity index (χ2n) is 5.35. The fourth-order valence-electron chi connectivity index (χ4n) is 1.49. The van der Waals surface area contributed by atoms with Gasteiger partial charge in [-0.15, -0.1) is 11.6 Å². The molecular weight excluding hydrogens is 523 g/mol. The molecule has 0 amide bonds. The maximum Gasteiger partial charge on any atom is 4.00 e.